The zero-order valence-electron chi connectivity index (χ0n) is 13.5. The zero-order valence-corrected chi connectivity index (χ0v) is 13.5. The summed E-state index contributed by atoms with van der Waals surface area (Å²) >= 11 is 0. The van der Waals surface area contributed by atoms with Gasteiger partial charge in [0.2, 0.25) is 11.8 Å². The van der Waals surface area contributed by atoms with Gasteiger partial charge < -0.3 is 19.4 Å². The second-order valence-electron chi connectivity index (χ2n) is 5.59. The van der Waals surface area contributed by atoms with Crippen molar-refractivity contribution in [3.05, 3.63) is 11.8 Å². The van der Waals surface area contributed by atoms with E-state index in [1.54, 1.807) is 14.0 Å². The Morgan fingerprint density at radius 1 is 1.41 bits per heavy atom. The molecule has 1 fully saturated rings. The van der Waals surface area contributed by atoms with Gasteiger partial charge in [0.25, 0.3) is 0 Å². The monoisotopic (exact) mass is 311 g/mol. The van der Waals surface area contributed by atoms with E-state index >= 15 is 0 Å². The Bertz CT molecular complexity index is 473. The number of aromatic nitrogens is 2. The van der Waals surface area contributed by atoms with Gasteiger partial charge in [0, 0.05) is 39.6 Å². The number of carbonyl (C=O) groups excluding carboxylic acids is 1. The Morgan fingerprint density at radius 2 is 2.14 bits per heavy atom. The third kappa shape index (κ3) is 4.96. The van der Waals surface area contributed by atoms with Crippen LogP contribution in [-0.4, -0.2) is 72.0 Å². The number of carbonyl (C=O) groups is 1. The van der Waals surface area contributed by atoms with Crippen molar-refractivity contribution in [3.63, 3.8) is 0 Å². The second kappa shape index (κ2) is 8.09. The molecule has 0 radical (unpaired) electrons. The minimum Gasteiger partial charge on any atom is -0.424 e. The molecule has 0 aromatic carbocycles. The minimum atomic E-state index is -0.134. The van der Waals surface area contributed by atoms with Crippen LogP contribution in [0.15, 0.2) is 4.42 Å². The van der Waals surface area contributed by atoms with Gasteiger partial charge in [0.05, 0.1) is 13.2 Å². The molecule has 0 saturated carbocycles. The molecule has 1 atom stereocenters. The molecule has 1 aliphatic rings. The summed E-state index contributed by atoms with van der Waals surface area (Å²) in [6, 6.07) is 0.304. The lowest BCUT2D eigenvalue weighted by atomic mass is 10.2. The van der Waals surface area contributed by atoms with E-state index in [9.17, 15) is 4.79 Å². The molecular weight excluding hydrogens is 286 g/mol. The second-order valence-corrected chi connectivity index (χ2v) is 5.59. The van der Waals surface area contributed by atoms with Crippen molar-refractivity contribution in [1.82, 2.24) is 25.3 Å². The van der Waals surface area contributed by atoms with Crippen LogP contribution in [0.5, 0.6) is 0 Å². The van der Waals surface area contributed by atoms with Gasteiger partial charge in [-0.25, -0.2) is 4.79 Å². The van der Waals surface area contributed by atoms with Gasteiger partial charge in [0.1, 0.15) is 6.54 Å². The standard InChI is InChI=1S/C14H25N5O3/c1-11(19-6-8-21-9-7-19)4-5-15-14(20)18(3)10-13-17-16-12(2)22-13/h11H,4-10H2,1-3H3,(H,15,20)/t11-/m0/s1. The third-order valence-electron chi connectivity index (χ3n) is 3.79. The summed E-state index contributed by atoms with van der Waals surface area (Å²) in [4.78, 5) is 15.9. The van der Waals surface area contributed by atoms with Crippen LogP contribution in [0.3, 0.4) is 0 Å². The van der Waals surface area contributed by atoms with E-state index in [0.717, 1.165) is 32.7 Å². The Hall–Kier alpha value is -1.67. The van der Waals surface area contributed by atoms with Crippen LogP contribution < -0.4 is 5.32 Å². The van der Waals surface area contributed by atoms with Crippen molar-refractivity contribution in [2.24, 2.45) is 0 Å². The number of nitrogens with one attached hydrogen (secondary N) is 1. The van der Waals surface area contributed by atoms with Crippen molar-refractivity contribution in [2.45, 2.75) is 32.9 Å². The van der Waals surface area contributed by atoms with Crippen LogP contribution in [0, 0.1) is 6.92 Å². The molecule has 0 unspecified atom stereocenters. The summed E-state index contributed by atoms with van der Waals surface area (Å²) in [5.41, 5.74) is 0. The van der Waals surface area contributed by atoms with E-state index < -0.39 is 0 Å². The Balaban J connectivity index is 1.66. The van der Waals surface area contributed by atoms with Crippen molar-refractivity contribution >= 4 is 6.03 Å². The van der Waals surface area contributed by atoms with Gasteiger partial charge in [0.15, 0.2) is 0 Å². The smallest absolute Gasteiger partial charge is 0.317 e. The highest BCUT2D eigenvalue weighted by molar-refractivity contribution is 5.73. The number of morpholine rings is 1. The molecule has 1 aliphatic heterocycles. The van der Waals surface area contributed by atoms with E-state index in [2.05, 4.69) is 27.3 Å². The molecule has 1 aromatic heterocycles. The number of nitrogens with zero attached hydrogens (tertiary/aromatic N) is 4. The molecule has 0 bridgehead atoms. The van der Waals surface area contributed by atoms with E-state index in [-0.39, 0.29) is 6.03 Å². The SMILES string of the molecule is Cc1nnc(CN(C)C(=O)NCC[C@H](C)N2CCOCC2)o1. The van der Waals surface area contributed by atoms with Crippen LogP contribution in [0.4, 0.5) is 4.79 Å². The summed E-state index contributed by atoms with van der Waals surface area (Å²) in [6.07, 6.45) is 0.916. The minimum absolute atomic E-state index is 0.134. The largest absolute Gasteiger partial charge is 0.424 e. The fraction of sp³-hybridized carbons (Fsp3) is 0.786. The summed E-state index contributed by atoms with van der Waals surface area (Å²) in [6.45, 7) is 8.38. The average Bonchev–Trinajstić information content (AvgIpc) is 2.93. The highest BCUT2D eigenvalue weighted by Gasteiger charge is 2.17. The molecular formula is C14H25N5O3. The number of rotatable bonds is 6. The molecule has 2 rings (SSSR count). The highest BCUT2D eigenvalue weighted by atomic mass is 16.5. The number of urea groups is 1. The van der Waals surface area contributed by atoms with E-state index in [1.807, 2.05) is 0 Å². The van der Waals surface area contributed by atoms with Gasteiger partial charge >= 0.3 is 6.03 Å². The van der Waals surface area contributed by atoms with E-state index in [1.165, 1.54) is 4.90 Å². The first-order valence-corrected chi connectivity index (χ1v) is 7.66. The Morgan fingerprint density at radius 3 is 2.77 bits per heavy atom. The summed E-state index contributed by atoms with van der Waals surface area (Å²) in [5, 5.41) is 10.5. The summed E-state index contributed by atoms with van der Waals surface area (Å²) in [5.74, 6) is 0.944. The molecule has 1 aromatic rings. The molecule has 1 saturated heterocycles. The molecule has 124 valence electrons. The number of hydrogen-bond acceptors (Lipinski definition) is 6. The molecule has 1 N–H and O–H groups in total. The normalized spacial score (nSPS) is 17.2. The van der Waals surface area contributed by atoms with Crippen molar-refractivity contribution in [3.8, 4) is 0 Å². The number of ether oxygens (including phenoxy) is 1. The first kappa shape index (κ1) is 16.7. The van der Waals surface area contributed by atoms with Crippen LogP contribution >= 0.6 is 0 Å². The van der Waals surface area contributed by atoms with Crippen molar-refractivity contribution in [1.29, 1.82) is 0 Å². The predicted octanol–water partition coefficient (Wildman–Crippen LogP) is 0.630. The quantitative estimate of drug-likeness (QED) is 0.829. The molecule has 22 heavy (non-hydrogen) atoms. The van der Waals surface area contributed by atoms with Gasteiger partial charge in [-0.3, -0.25) is 4.90 Å². The van der Waals surface area contributed by atoms with Gasteiger partial charge in [-0.1, -0.05) is 0 Å². The van der Waals surface area contributed by atoms with Crippen LogP contribution in [-0.2, 0) is 11.3 Å². The molecule has 2 amide bonds. The first-order valence-electron chi connectivity index (χ1n) is 7.66. The first-order chi connectivity index (χ1) is 10.6. The van der Waals surface area contributed by atoms with Crippen LogP contribution in [0.25, 0.3) is 0 Å². The molecule has 8 heteroatoms. The molecule has 8 nitrogen and oxygen atoms in total. The lowest BCUT2D eigenvalue weighted by Gasteiger charge is -2.32. The number of hydrogen-bond donors (Lipinski definition) is 1. The fourth-order valence-electron chi connectivity index (χ4n) is 2.40. The molecule has 0 spiro atoms. The maximum Gasteiger partial charge on any atom is 0.317 e. The van der Waals surface area contributed by atoms with Gasteiger partial charge in [-0.2, -0.15) is 0 Å². The lowest BCUT2D eigenvalue weighted by Crippen LogP contribution is -2.44. The summed E-state index contributed by atoms with van der Waals surface area (Å²) < 4.78 is 10.6. The van der Waals surface area contributed by atoms with Crippen LogP contribution in [0.1, 0.15) is 25.1 Å². The van der Waals surface area contributed by atoms with Gasteiger partial charge in [-0.05, 0) is 13.3 Å². The van der Waals surface area contributed by atoms with E-state index in [0.29, 0.717) is 30.9 Å². The molecule has 0 aliphatic carbocycles. The van der Waals surface area contributed by atoms with Gasteiger partial charge in [-0.15, -0.1) is 10.2 Å². The molecule has 2 heterocycles. The Labute approximate surface area is 130 Å². The average molecular weight is 311 g/mol. The number of aryl methyl sites for hydroxylation is 1. The van der Waals surface area contributed by atoms with Crippen LogP contribution in [0.2, 0.25) is 0 Å². The highest BCUT2D eigenvalue weighted by Crippen LogP contribution is 2.06. The lowest BCUT2D eigenvalue weighted by molar-refractivity contribution is 0.0188. The maximum atomic E-state index is 12.0. The fourth-order valence-corrected chi connectivity index (χ4v) is 2.40. The van der Waals surface area contributed by atoms with Crippen molar-refractivity contribution in [2.75, 3.05) is 39.9 Å². The summed E-state index contributed by atoms with van der Waals surface area (Å²) in [7, 11) is 1.71. The zero-order chi connectivity index (χ0) is 15.9. The topological polar surface area (TPSA) is 83.7 Å². The predicted molar refractivity (Wildman–Crippen MR) is 80.4 cm³/mol. The Kier molecular flexibility index (Phi) is 6.14. The number of amides is 2. The van der Waals surface area contributed by atoms with E-state index in [4.69, 9.17) is 9.15 Å². The van der Waals surface area contributed by atoms with Crippen molar-refractivity contribution < 1.29 is 13.9 Å². The third-order valence-corrected chi connectivity index (χ3v) is 3.79. The maximum absolute atomic E-state index is 12.0.